The van der Waals surface area contributed by atoms with E-state index in [1.807, 2.05) is 0 Å². The van der Waals surface area contributed by atoms with Crippen molar-refractivity contribution in [3.05, 3.63) is 17.5 Å². The molecule has 3 atom stereocenters. The molecule has 2 aliphatic carbocycles. The summed E-state index contributed by atoms with van der Waals surface area (Å²) in [6.07, 6.45) is 8.57. The van der Waals surface area contributed by atoms with Crippen LogP contribution in [0.5, 0.6) is 0 Å². The zero-order valence-corrected chi connectivity index (χ0v) is 11.4. The number of rotatable bonds is 2. The van der Waals surface area contributed by atoms with Crippen LogP contribution in [0.1, 0.15) is 55.2 Å². The van der Waals surface area contributed by atoms with Crippen molar-refractivity contribution in [1.82, 2.24) is 9.97 Å². The molecule has 0 amide bonds. The van der Waals surface area contributed by atoms with E-state index >= 15 is 0 Å². The van der Waals surface area contributed by atoms with E-state index in [4.69, 9.17) is 10.7 Å². The van der Waals surface area contributed by atoms with Gasteiger partial charge in [-0.3, -0.25) is 0 Å². The zero-order valence-electron chi connectivity index (χ0n) is 11.4. The molecule has 2 N–H and O–H groups in total. The zero-order chi connectivity index (χ0) is 12.8. The molecule has 4 nitrogen and oxygen atoms in total. The summed E-state index contributed by atoms with van der Waals surface area (Å²) in [5.74, 6) is 3.04. The summed E-state index contributed by atoms with van der Waals surface area (Å²) in [5, 5.41) is 0. The molecule has 19 heavy (non-hydrogen) atoms. The lowest BCUT2D eigenvalue weighted by molar-refractivity contribution is 0.419. The van der Waals surface area contributed by atoms with Gasteiger partial charge in [0, 0.05) is 25.2 Å². The van der Waals surface area contributed by atoms with Crippen molar-refractivity contribution in [3.8, 4) is 0 Å². The highest BCUT2D eigenvalue weighted by atomic mass is 15.3. The Kier molecular flexibility index (Phi) is 2.72. The molecule has 4 heteroatoms. The molecule has 1 aromatic rings. The lowest BCUT2D eigenvalue weighted by atomic mass is 9.97. The van der Waals surface area contributed by atoms with E-state index < -0.39 is 0 Å². The molecule has 3 unspecified atom stereocenters. The topological polar surface area (TPSA) is 55.0 Å². The number of aromatic nitrogens is 2. The molecule has 102 valence electrons. The molecule has 2 heterocycles. The minimum Gasteiger partial charge on any atom is -0.340 e. The fraction of sp³-hybridized carbons (Fsp3) is 0.733. The van der Waals surface area contributed by atoms with Crippen molar-refractivity contribution in [3.63, 3.8) is 0 Å². The Morgan fingerprint density at radius 3 is 3.05 bits per heavy atom. The number of anilines is 1. The van der Waals surface area contributed by atoms with Gasteiger partial charge in [-0.1, -0.05) is 0 Å². The van der Waals surface area contributed by atoms with Gasteiger partial charge in [0.05, 0.1) is 5.69 Å². The summed E-state index contributed by atoms with van der Waals surface area (Å²) < 4.78 is 0. The molecular weight excluding hydrogens is 236 g/mol. The molecule has 0 aromatic carbocycles. The number of hydrogen-bond acceptors (Lipinski definition) is 4. The van der Waals surface area contributed by atoms with Crippen molar-refractivity contribution in [1.29, 1.82) is 0 Å². The van der Waals surface area contributed by atoms with Crippen molar-refractivity contribution < 1.29 is 0 Å². The van der Waals surface area contributed by atoms with E-state index in [1.165, 1.54) is 43.4 Å². The predicted octanol–water partition coefficient (Wildman–Crippen LogP) is 2.02. The molecule has 1 aromatic heterocycles. The molecule has 1 aliphatic heterocycles. The van der Waals surface area contributed by atoms with Crippen LogP contribution in [0.25, 0.3) is 0 Å². The van der Waals surface area contributed by atoms with Gasteiger partial charge in [0.2, 0.25) is 5.95 Å². The SMILES string of the molecule is NCC1CCCN(c2ncc3c(n2)C2CCC3C2)C1. The van der Waals surface area contributed by atoms with E-state index in [1.54, 1.807) is 0 Å². The van der Waals surface area contributed by atoms with Crippen molar-refractivity contribution in [2.24, 2.45) is 11.7 Å². The van der Waals surface area contributed by atoms with Crippen LogP contribution >= 0.6 is 0 Å². The van der Waals surface area contributed by atoms with Gasteiger partial charge in [-0.2, -0.15) is 0 Å². The van der Waals surface area contributed by atoms with Gasteiger partial charge in [-0.05, 0) is 56.0 Å². The first-order valence-electron chi connectivity index (χ1n) is 7.67. The van der Waals surface area contributed by atoms with Crippen LogP contribution in [0.4, 0.5) is 5.95 Å². The summed E-state index contributed by atoms with van der Waals surface area (Å²) >= 11 is 0. The Morgan fingerprint density at radius 1 is 1.26 bits per heavy atom. The van der Waals surface area contributed by atoms with E-state index in [0.29, 0.717) is 5.92 Å². The average molecular weight is 258 g/mol. The Morgan fingerprint density at radius 2 is 2.16 bits per heavy atom. The molecule has 0 radical (unpaired) electrons. The van der Waals surface area contributed by atoms with Gasteiger partial charge < -0.3 is 10.6 Å². The maximum Gasteiger partial charge on any atom is 0.225 e. The maximum absolute atomic E-state index is 5.82. The molecule has 3 aliphatic rings. The van der Waals surface area contributed by atoms with Crippen LogP contribution in [-0.2, 0) is 0 Å². The summed E-state index contributed by atoms with van der Waals surface area (Å²) in [5.41, 5.74) is 8.61. The van der Waals surface area contributed by atoms with E-state index in [2.05, 4.69) is 16.1 Å². The number of piperidine rings is 1. The fourth-order valence-electron chi connectivity index (χ4n) is 4.14. The predicted molar refractivity (Wildman–Crippen MR) is 75.4 cm³/mol. The third kappa shape index (κ3) is 1.84. The normalized spacial score (nSPS) is 32.7. The second-order valence-corrected chi connectivity index (χ2v) is 6.41. The van der Waals surface area contributed by atoms with Gasteiger partial charge >= 0.3 is 0 Å². The summed E-state index contributed by atoms with van der Waals surface area (Å²) in [4.78, 5) is 11.9. The first-order chi connectivity index (χ1) is 9.35. The minimum absolute atomic E-state index is 0.613. The van der Waals surface area contributed by atoms with Crippen LogP contribution < -0.4 is 10.6 Å². The first kappa shape index (κ1) is 11.6. The lowest BCUT2D eigenvalue weighted by Crippen LogP contribution is -2.39. The third-order valence-corrected chi connectivity index (χ3v) is 5.23. The third-order valence-electron chi connectivity index (χ3n) is 5.23. The molecule has 1 saturated heterocycles. The van der Waals surface area contributed by atoms with Gasteiger partial charge in [0.15, 0.2) is 0 Å². The van der Waals surface area contributed by atoms with Gasteiger partial charge in [0.25, 0.3) is 0 Å². The summed E-state index contributed by atoms with van der Waals surface area (Å²) in [7, 11) is 0. The average Bonchev–Trinajstić information content (AvgIpc) is 3.09. The van der Waals surface area contributed by atoms with Gasteiger partial charge in [-0.15, -0.1) is 0 Å². The standard InChI is InChI=1S/C15H22N4/c16-7-10-2-1-5-19(9-10)15-17-8-13-11-3-4-12(6-11)14(13)18-15/h8,10-12H,1-7,9,16H2. The summed E-state index contributed by atoms with van der Waals surface area (Å²) in [6, 6.07) is 0. The van der Waals surface area contributed by atoms with Crippen molar-refractivity contribution in [2.45, 2.75) is 43.9 Å². The highest BCUT2D eigenvalue weighted by Crippen LogP contribution is 2.52. The highest BCUT2D eigenvalue weighted by Gasteiger charge is 2.39. The Labute approximate surface area is 114 Å². The largest absolute Gasteiger partial charge is 0.340 e. The molecule has 2 fully saturated rings. The fourth-order valence-corrected chi connectivity index (χ4v) is 4.14. The first-order valence-corrected chi connectivity index (χ1v) is 7.67. The molecular formula is C15H22N4. The second-order valence-electron chi connectivity index (χ2n) is 6.41. The minimum atomic E-state index is 0.613. The number of hydrogen-bond donors (Lipinski definition) is 1. The van der Waals surface area contributed by atoms with Crippen molar-refractivity contribution in [2.75, 3.05) is 24.5 Å². The number of nitrogens with two attached hydrogens (primary N) is 1. The molecule has 4 rings (SSSR count). The van der Waals surface area contributed by atoms with E-state index in [9.17, 15) is 0 Å². The quantitative estimate of drug-likeness (QED) is 0.881. The molecule has 2 bridgehead atoms. The van der Waals surface area contributed by atoms with E-state index in [-0.39, 0.29) is 0 Å². The molecule has 0 spiro atoms. The Balaban J connectivity index is 1.61. The monoisotopic (exact) mass is 258 g/mol. The van der Waals surface area contributed by atoms with Gasteiger partial charge in [-0.25, -0.2) is 9.97 Å². The van der Waals surface area contributed by atoms with Crippen molar-refractivity contribution >= 4 is 5.95 Å². The Hall–Kier alpha value is -1.16. The maximum atomic E-state index is 5.82. The van der Waals surface area contributed by atoms with Crippen LogP contribution in [0, 0.1) is 5.92 Å². The smallest absolute Gasteiger partial charge is 0.225 e. The summed E-state index contributed by atoms with van der Waals surface area (Å²) in [6.45, 7) is 2.90. The lowest BCUT2D eigenvalue weighted by Gasteiger charge is -2.32. The van der Waals surface area contributed by atoms with Crippen LogP contribution in [-0.4, -0.2) is 29.6 Å². The van der Waals surface area contributed by atoms with Crippen LogP contribution in [0.2, 0.25) is 0 Å². The van der Waals surface area contributed by atoms with E-state index in [0.717, 1.165) is 37.4 Å². The highest BCUT2D eigenvalue weighted by molar-refractivity contribution is 5.41. The van der Waals surface area contributed by atoms with Crippen LogP contribution in [0.15, 0.2) is 6.20 Å². The van der Waals surface area contributed by atoms with Crippen LogP contribution in [0.3, 0.4) is 0 Å². The number of nitrogens with zero attached hydrogens (tertiary/aromatic N) is 3. The molecule has 1 saturated carbocycles. The van der Waals surface area contributed by atoms with Gasteiger partial charge in [0.1, 0.15) is 0 Å². The number of fused-ring (bicyclic) bond motifs is 5. The Bertz CT molecular complexity index is 487. The second kappa shape index (κ2) is 4.44.